The Morgan fingerprint density at radius 2 is 2.03 bits per heavy atom. The van der Waals surface area contributed by atoms with Gasteiger partial charge < -0.3 is 24.8 Å². The number of amides is 2. The van der Waals surface area contributed by atoms with Crippen molar-refractivity contribution in [1.82, 2.24) is 25.0 Å². The smallest absolute Gasteiger partial charge is 0.407 e. The third-order valence-electron chi connectivity index (χ3n) is 6.65. The molecular weight excluding hydrogens is 634 g/mol. The number of rotatable bonds is 5. The second-order valence-electron chi connectivity index (χ2n) is 11.9. The fourth-order valence-corrected chi connectivity index (χ4v) is 6.63. The van der Waals surface area contributed by atoms with E-state index in [1.165, 1.54) is 17.4 Å². The molecule has 0 aliphatic carbocycles. The Hall–Kier alpha value is -2.74. The lowest BCUT2D eigenvalue weighted by atomic mass is 9.84. The molecule has 1 saturated heterocycles. The second kappa shape index (κ2) is 10.3. The molecule has 1 aromatic carbocycles. The quantitative estimate of drug-likeness (QED) is 0.341. The summed E-state index contributed by atoms with van der Waals surface area (Å²) in [5.74, 6) is 0.347. The van der Waals surface area contributed by atoms with Crippen LogP contribution in [0.15, 0.2) is 24.5 Å². The molecule has 0 bridgehead atoms. The van der Waals surface area contributed by atoms with E-state index in [2.05, 4.69) is 57.3 Å². The van der Waals surface area contributed by atoms with Crippen LogP contribution in [0, 0.1) is 20.7 Å². The van der Waals surface area contributed by atoms with E-state index >= 15 is 0 Å². The topological polar surface area (TPSA) is 101 Å². The van der Waals surface area contributed by atoms with Gasteiger partial charge in [0.15, 0.2) is 5.82 Å². The number of aromatic nitrogens is 3. The zero-order valence-corrected chi connectivity index (χ0v) is 25.6. The van der Waals surface area contributed by atoms with Crippen LogP contribution < -0.4 is 10.6 Å². The van der Waals surface area contributed by atoms with Crippen molar-refractivity contribution >= 4 is 56.6 Å². The van der Waals surface area contributed by atoms with Gasteiger partial charge in [0.25, 0.3) is 5.91 Å². The molecule has 3 aromatic rings. The maximum absolute atomic E-state index is 14.8. The fourth-order valence-electron chi connectivity index (χ4n) is 4.95. The summed E-state index contributed by atoms with van der Waals surface area (Å²) in [5, 5.41) is 15.1. The zero-order chi connectivity index (χ0) is 28.1. The largest absolute Gasteiger partial charge is 0.444 e. The maximum Gasteiger partial charge on any atom is 0.407 e. The van der Waals surface area contributed by atoms with Crippen molar-refractivity contribution in [1.29, 1.82) is 0 Å². The minimum atomic E-state index is -0.569. The molecule has 208 valence electrons. The molecule has 9 nitrogen and oxygen atoms in total. The van der Waals surface area contributed by atoms with Crippen LogP contribution in [0.3, 0.4) is 0 Å². The van der Waals surface area contributed by atoms with E-state index < -0.39 is 11.7 Å². The van der Waals surface area contributed by atoms with E-state index in [1.54, 1.807) is 17.3 Å². The van der Waals surface area contributed by atoms with Crippen LogP contribution in [-0.4, -0.2) is 56.9 Å². The van der Waals surface area contributed by atoms with Gasteiger partial charge in [0.2, 0.25) is 0 Å². The van der Waals surface area contributed by atoms with Gasteiger partial charge in [-0.3, -0.25) is 4.79 Å². The van der Waals surface area contributed by atoms with Crippen LogP contribution >= 0.6 is 33.9 Å². The zero-order valence-electron chi connectivity index (χ0n) is 22.6. The molecule has 2 aliphatic rings. The monoisotopic (exact) mass is 666 g/mol. The first kappa shape index (κ1) is 27.8. The van der Waals surface area contributed by atoms with Crippen LogP contribution in [0.1, 0.15) is 50.5 Å². The molecule has 2 N–H and O–H groups in total. The number of fused-ring (bicyclic) bond motifs is 3. The van der Waals surface area contributed by atoms with Gasteiger partial charge >= 0.3 is 6.09 Å². The van der Waals surface area contributed by atoms with Crippen LogP contribution in [0.25, 0.3) is 10.7 Å². The van der Waals surface area contributed by atoms with Gasteiger partial charge in [-0.1, -0.05) is 13.8 Å². The normalized spacial score (nSPS) is 16.5. The van der Waals surface area contributed by atoms with Gasteiger partial charge in [-0.05, 0) is 79.0 Å². The number of anilines is 2. The Kier molecular flexibility index (Phi) is 7.38. The third-order valence-corrected chi connectivity index (χ3v) is 8.47. The molecule has 0 atom stereocenters. The van der Waals surface area contributed by atoms with Crippen molar-refractivity contribution < 1.29 is 18.7 Å². The molecule has 0 saturated carbocycles. The molecular formula is C27H32FIN6O3S. The number of alkyl carbamates (subject to hydrolysis) is 1. The summed E-state index contributed by atoms with van der Waals surface area (Å²) >= 11 is 3.48. The van der Waals surface area contributed by atoms with Gasteiger partial charge in [-0.25, -0.2) is 9.18 Å². The molecule has 2 aliphatic heterocycles. The lowest BCUT2D eigenvalue weighted by Gasteiger charge is -2.39. The van der Waals surface area contributed by atoms with Gasteiger partial charge in [0, 0.05) is 35.7 Å². The van der Waals surface area contributed by atoms with E-state index in [4.69, 9.17) is 4.74 Å². The highest BCUT2D eigenvalue weighted by molar-refractivity contribution is 14.1. The molecule has 12 heteroatoms. The van der Waals surface area contributed by atoms with E-state index in [-0.39, 0.29) is 23.1 Å². The first-order valence-electron chi connectivity index (χ1n) is 12.8. The highest BCUT2D eigenvalue weighted by Crippen LogP contribution is 2.47. The summed E-state index contributed by atoms with van der Waals surface area (Å²) in [5.41, 5.74) is 1.05. The molecule has 39 heavy (non-hydrogen) atoms. The standard InChI is InChI=1S/C27H32FIN6O3S/c1-26(2,3)38-25(37)30-10-15-11-34(12-15)24(36)20-17-9-27(4,5)13-35-14-31-33-22(35)21(17)39-23(20)32-19-7-6-16(29)8-18(19)28/h6-8,14-15,32H,9-13H2,1-5H3,(H,30,37). The van der Waals surface area contributed by atoms with Crippen LogP contribution in [-0.2, 0) is 17.7 Å². The van der Waals surface area contributed by atoms with Crippen molar-refractivity contribution in [2.75, 3.05) is 25.0 Å². The predicted molar refractivity (Wildman–Crippen MR) is 157 cm³/mol. The van der Waals surface area contributed by atoms with Crippen LogP contribution in [0.2, 0.25) is 0 Å². The lowest BCUT2D eigenvalue weighted by Crippen LogP contribution is -2.54. The van der Waals surface area contributed by atoms with Crippen molar-refractivity contribution in [2.24, 2.45) is 11.3 Å². The highest BCUT2D eigenvalue weighted by atomic mass is 127. The minimum Gasteiger partial charge on any atom is -0.444 e. The van der Waals surface area contributed by atoms with Gasteiger partial charge in [0.05, 0.1) is 16.1 Å². The summed E-state index contributed by atoms with van der Waals surface area (Å²) in [6.45, 7) is 11.9. The maximum atomic E-state index is 14.8. The number of nitrogens with zero attached hydrogens (tertiary/aromatic N) is 4. The molecule has 0 unspecified atom stereocenters. The Morgan fingerprint density at radius 1 is 1.28 bits per heavy atom. The van der Waals surface area contributed by atoms with E-state index in [1.807, 2.05) is 31.4 Å². The summed E-state index contributed by atoms with van der Waals surface area (Å²) in [4.78, 5) is 28.7. The predicted octanol–water partition coefficient (Wildman–Crippen LogP) is 5.67. The van der Waals surface area contributed by atoms with Crippen molar-refractivity contribution in [2.45, 2.75) is 53.2 Å². The van der Waals surface area contributed by atoms with E-state index in [9.17, 15) is 14.0 Å². The number of nitrogens with one attached hydrogen (secondary N) is 2. The highest BCUT2D eigenvalue weighted by Gasteiger charge is 2.39. The van der Waals surface area contributed by atoms with E-state index in [0.717, 1.165) is 20.6 Å². The average Bonchev–Trinajstić information content (AvgIpc) is 3.34. The molecule has 1 fully saturated rings. The SMILES string of the molecule is CC1(C)Cc2c(sc(Nc3ccc(I)cc3F)c2C(=O)N2CC(CNC(=O)OC(C)(C)C)C2)-c2nncn2C1. The molecule has 0 spiro atoms. The third kappa shape index (κ3) is 6.06. The summed E-state index contributed by atoms with van der Waals surface area (Å²) in [7, 11) is 0. The van der Waals surface area contributed by atoms with Crippen molar-refractivity contribution in [3.63, 3.8) is 0 Å². The fraction of sp³-hybridized carbons (Fsp3) is 0.481. The molecule has 4 heterocycles. The molecule has 0 radical (unpaired) electrons. The number of halogens is 2. The second-order valence-corrected chi connectivity index (χ2v) is 14.2. The first-order valence-corrected chi connectivity index (χ1v) is 14.7. The number of benzene rings is 1. The Labute approximate surface area is 244 Å². The van der Waals surface area contributed by atoms with Gasteiger partial charge in [-0.15, -0.1) is 21.5 Å². The Morgan fingerprint density at radius 3 is 2.72 bits per heavy atom. The number of likely N-dealkylation sites (tertiary alicyclic amines) is 1. The number of thiophene rings is 1. The van der Waals surface area contributed by atoms with Gasteiger partial charge in [0.1, 0.15) is 22.7 Å². The van der Waals surface area contributed by atoms with Crippen LogP contribution in [0.4, 0.5) is 19.9 Å². The molecule has 5 rings (SSSR count). The van der Waals surface area contributed by atoms with Crippen molar-refractivity contribution in [3.05, 3.63) is 45.0 Å². The number of carbonyl (C=O) groups is 2. The number of carbonyl (C=O) groups excluding carboxylic acids is 2. The molecule has 2 aromatic heterocycles. The number of hydrogen-bond donors (Lipinski definition) is 2. The van der Waals surface area contributed by atoms with Crippen molar-refractivity contribution in [3.8, 4) is 10.7 Å². The molecule has 2 amide bonds. The van der Waals surface area contributed by atoms with Gasteiger partial charge in [-0.2, -0.15) is 0 Å². The first-order chi connectivity index (χ1) is 18.3. The van der Waals surface area contributed by atoms with Crippen LogP contribution in [0.5, 0.6) is 0 Å². The number of ether oxygens (including phenoxy) is 1. The minimum absolute atomic E-state index is 0.113. The van der Waals surface area contributed by atoms with E-state index in [0.29, 0.717) is 48.1 Å². The average molecular weight is 667 g/mol. The summed E-state index contributed by atoms with van der Waals surface area (Å²) in [6, 6.07) is 4.97. The Balaban J connectivity index is 1.43. The number of hydrogen-bond acceptors (Lipinski definition) is 7. The lowest BCUT2D eigenvalue weighted by molar-refractivity contribution is 0.0421. The Bertz CT molecular complexity index is 1420. The summed E-state index contributed by atoms with van der Waals surface area (Å²) < 4.78 is 23.0. The summed E-state index contributed by atoms with van der Waals surface area (Å²) in [6.07, 6.45) is 1.92.